The minimum atomic E-state index is -4.56. The Bertz CT molecular complexity index is 3280. The van der Waals surface area contributed by atoms with Crippen LogP contribution in [0.4, 0.5) is 26.3 Å². The highest BCUT2D eigenvalue weighted by Crippen LogP contribution is 2.45. The van der Waals surface area contributed by atoms with Crippen molar-refractivity contribution in [1.29, 1.82) is 0 Å². The molecule has 12 amide bonds. The summed E-state index contributed by atoms with van der Waals surface area (Å²) in [6, 6.07) is -10.8. The molecule has 3 heterocycles. The molecule has 0 aromatic heterocycles. The molecular weight excluding hydrogens is 1440 g/mol. The van der Waals surface area contributed by atoms with Gasteiger partial charge in [-0.05, 0) is 152 Å². The first kappa shape index (κ1) is 88.4. The van der Waals surface area contributed by atoms with Gasteiger partial charge in [-0.2, -0.15) is 26.3 Å². The molecular formula is C78H122F6N12O14. The van der Waals surface area contributed by atoms with Crippen LogP contribution in [0, 0.1) is 41.4 Å². The Kier molecular flexibility index (Phi) is 31.0. The molecule has 0 aromatic rings. The topological polar surface area (TPSA) is 289 Å². The highest BCUT2D eigenvalue weighted by Gasteiger charge is 2.55. The van der Waals surface area contributed by atoms with Crippen LogP contribution in [-0.4, -0.2) is 290 Å². The summed E-state index contributed by atoms with van der Waals surface area (Å²) in [5, 5.41) is 8.74. The third-order valence-electron chi connectivity index (χ3n) is 25.6. The molecule has 2 bridgehead atoms. The van der Waals surface area contributed by atoms with Gasteiger partial charge in [-0.3, -0.25) is 57.5 Å². The summed E-state index contributed by atoms with van der Waals surface area (Å²) in [5.74, 6) is -14.0. The average molecular weight is 1570 g/mol. The van der Waals surface area contributed by atoms with E-state index in [9.17, 15) is 45.5 Å². The summed E-state index contributed by atoms with van der Waals surface area (Å²) in [7, 11) is 12.5. The molecule has 32 heteroatoms. The van der Waals surface area contributed by atoms with Crippen molar-refractivity contribution < 1.29 is 93.4 Å². The van der Waals surface area contributed by atoms with Gasteiger partial charge in [0.1, 0.15) is 53.9 Å². The maximum atomic E-state index is 15.7. The first-order valence-corrected chi connectivity index (χ1v) is 40.1. The minimum Gasteiger partial charge on any atom is -0.381 e. The number of fused-ring (bicyclic) bond motifs is 3. The van der Waals surface area contributed by atoms with E-state index >= 15 is 38.4 Å². The average Bonchev–Trinajstić information content (AvgIpc) is 1.26. The summed E-state index contributed by atoms with van der Waals surface area (Å²) in [4.78, 5) is 193. The summed E-state index contributed by atoms with van der Waals surface area (Å²) >= 11 is 0. The Morgan fingerprint density at radius 2 is 1.24 bits per heavy atom. The van der Waals surface area contributed by atoms with Gasteiger partial charge in [0, 0.05) is 89.6 Å². The maximum absolute atomic E-state index is 15.7. The van der Waals surface area contributed by atoms with Crippen LogP contribution in [0.3, 0.4) is 0 Å². The van der Waals surface area contributed by atoms with Gasteiger partial charge in [0.25, 0.3) is 0 Å². The van der Waals surface area contributed by atoms with Crippen LogP contribution in [0.25, 0.3) is 0 Å². The van der Waals surface area contributed by atoms with Gasteiger partial charge in [0.05, 0.1) is 43.6 Å². The van der Waals surface area contributed by atoms with E-state index in [-0.39, 0.29) is 128 Å². The van der Waals surface area contributed by atoms with E-state index in [2.05, 4.69) is 16.0 Å². The van der Waals surface area contributed by atoms with Gasteiger partial charge in [-0.1, -0.05) is 70.9 Å². The number of nitrogens with one attached hydrogen (secondary N) is 3. The van der Waals surface area contributed by atoms with Crippen LogP contribution in [0.2, 0.25) is 0 Å². The van der Waals surface area contributed by atoms with Crippen LogP contribution >= 0.6 is 0 Å². The van der Waals surface area contributed by atoms with Crippen LogP contribution in [0.15, 0.2) is 12.2 Å². The Morgan fingerprint density at radius 1 is 0.618 bits per heavy atom. The van der Waals surface area contributed by atoms with Crippen LogP contribution in [0.1, 0.15) is 194 Å². The van der Waals surface area contributed by atoms with Gasteiger partial charge in [0.2, 0.25) is 70.9 Å². The number of halogens is 6. The van der Waals surface area contributed by atoms with Crippen molar-refractivity contribution in [2.24, 2.45) is 41.4 Å². The number of amides is 12. The Balaban J connectivity index is 1.20. The molecule has 0 aromatic carbocycles. The fourth-order valence-electron chi connectivity index (χ4n) is 18.3. The number of hydrogen-bond donors (Lipinski definition) is 3. The number of hydrogen-bond acceptors (Lipinski definition) is 14. The first-order valence-electron chi connectivity index (χ1n) is 40.1. The number of rotatable bonds is 14. The third kappa shape index (κ3) is 21.4. The highest BCUT2D eigenvalue weighted by molar-refractivity contribution is 6.01. The van der Waals surface area contributed by atoms with Crippen molar-refractivity contribution in [1.82, 2.24) is 60.0 Å². The molecule has 3 N–H and O–H groups in total. The van der Waals surface area contributed by atoms with E-state index in [1.54, 1.807) is 26.0 Å². The second-order valence-corrected chi connectivity index (χ2v) is 33.1. The molecule has 1 spiro atoms. The predicted octanol–water partition coefficient (Wildman–Crippen LogP) is 6.61. The smallest absolute Gasteiger partial charge is 0.381 e. The number of methoxy groups -OCH3 is 1. The largest absolute Gasteiger partial charge is 0.394 e. The molecule has 8 rings (SSSR count). The van der Waals surface area contributed by atoms with Crippen molar-refractivity contribution in [3.63, 3.8) is 0 Å². The number of ether oxygens (including phenoxy) is 2. The normalized spacial score (nSPS) is 31.8. The summed E-state index contributed by atoms with van der Waals surface area (Å²) in [6.07, 6.45) is -2.09. The first-order chi connectivity index (χ1) is 51.9. The highest BCUT2D eigenvalue weighted by atomic mass is 19.4. The summed E-state index contributed by atoms with van der Waals surface area (Å²) in [5.41, 5.74) is -1.63. The molecule has 5 aliphatic carbocycles. The van der Waals surface area contributed by atoms with Crippen molar-refractivity contribution >= 4 is 70.9 Å². The Hall–Kier alpha value is -7.12. The number of carbonyl (C=O) groups is 12. The predicted molar refractivity (Wildman–Crippen MR) is 394 cm³/mol. The molecule has 8 aliphatic rings. The van der Waals surface area contributed by atoms with Gasteiger partial charge in [-0.15, -0.1) is 0 Å². The van der Waals surface area contributed by atoms with Gasteiger partial charge in [0.15, 0.2) is 0 Å². The van der Waals surface area contributed by atoms with Crippen LogP contribution < -0.4 is 16.0 Å². The third-order valence-corrected chi connectivity index (χ3v) is 25.6. The van der Waals surface area contributed by atoms with Crippen molar-refractivity contribution in [2.45, 2.75) is 273 Å². The number of alkyl halides is 6. The van der Waals surface area contributed by atoms with Crippen molar-refractivity contribution in [3.8, 4) is 0 Å². The van der Waals surface area contributed by atoms with E-state index in [1.165, 1.54) is 92.9 Å². The zero-order chi connectivity index (χ0) is 81.0. The maximum Gasteiger partial charge on any atom is 0.394 e. The fraction of sp³-hybridized carbons (Fsp3) is 0.821. The second-order valence-electron chi connectivity index (χ2n) is 33.1. The van der Waals surface area contributed by atoms with E-state index < -0.39 is 204 Å². The zero-order valence-electron chi connectivity index (χ0n) is 66.6. The second kappa shape index (κ2) is 38.6. The minimum absolute atomic E-state index is 0.0142. The summed E-state index contributed by atoms with van der Waals surface area (Å²) in [6.45, 7) is 3.73. The van der Waals surface area contributed by atoms with Crippen LogP contribution in [0.5, 0.6) is 0 Å². The lowest BCUT2D eigenvalue weighted by Gasteiger charge is -2.46. The van der Waals surface area contributed by atoms with Gasteiger partial charge >= 0.3 is 12.4 Å². The van der Waals surface area contributed by atoms with Crippen molar-refractivity contribution in [3.05, 3.63) is 12.2 Å². The standard InChI is InChI=1S/C78H122F6N12O14/c1-13-47(3)65-73(106)90(7)46-64(99)91(8)56-27-16-15-21-38-95(72(56)105)60(40-49-28-32-52(33-29-49)77(79,80)81)71(104)89(6)45-62(97)85-55(35-31-50-30-34-54(78(82,83)84)61(41-50)109-12)69(102)96-44-53(110-14-2)42-58(96)68(101)87-76(36-22-37-76)75(108)94(11)66(51-25-19-20-26-51)74(107)93(10)59(70(103)88(4)5)43-63(98)92(9)57(67(100)86-65)39-48-23-17-18-24-48/h15-16,47-61,65-66H,13-14,17-46H2,1-12H3,(H,85,97)(H,86,100)(H,87,101)/b16-15-/t47-,49?,50?,52?,53+,54?,55-,56?,57-,58-,59-,60-,61?,65-,66-/m0/s1. The fourth-order valence-corrected chi connectivity index (χ4v) is 18.3. The number of likely N-dealkylation sites (N-methyl/N-ethyl adjacent to an activating group) is 7. The molecule has 3 aliphatic heterocycles. The molecule has 110 heavy (non-hydrogen) atoms. The monoisotopic (exact) mass is 1560 g/mol. The van der Waals surface area contributed by atoms with Gasteiger partial charge < -0.3 is 69.5 Å². The molecule has 5 saturated carbocycles. The number of carbonyl (C=O) groups excluding carboxylic acids is 12. The zero-order valence-corrected chi connectivity index (χ0v) is 66.6. The molecule has 2 saturated heterocycles. The summed E-state index contributed by atoms with van der Waals surface area (Å²) < 4.78 is 97.0. The lowest BCUT2D eigenvalue weighted by Crippen LogP contribution is -2.68. The quantitative estimate of drug-likeness (QED) is 0.122. The SMILES string of the molecule is CCO[C@@H]1C[C@H]2C(=O)NC3(CCC3)C(=O)N(C)[C@@H](C3CCCC3)C(=O)N(C)[C@H](C(=O)N(C)C)CC(=O)N(C)[C@@H](CC3CCCC3)C(=O)N[C@@H]([C@@H](C)CC)C(=O)N(C)CC(=O)N(C)C3C/C=C\CCN(C3=O)[C@@H](CC3CCC(C(F)(F)F)CC3)C(=O)N(C)CC(=O)N[C@@H](CCC3CCC(C(F)(F)F)C(OC)C3)C(=O)N2C1. The van der Waals surface area contributed by atoms with E-state index in [4.69, 9.17) is 9.47 Å². The molecule has 4 unspecified atom stereocenters. The number of nitrogens with zero attached hydrogens (tertiary/aromatic N) is 9. The molecule has 7 fully saturated rings. The lowest BCUT2D eigenvalue weighted by molar-refractivity contribution is -0.215. The van der Waals surface area contributed by atoms with Crippen LogP contribution in [-0.2, 0) is 67.0 Å². The van der Waals surface area contributed by atoms with E-state index in [0.29, 0.717) is 38.5 Å². The van der Waals surface area contributed by atoms with E-state index in [0.717, 1.165) is 40.4 Å². The van der Waals surface area contributed by atoms with Crippen molar-refractivity contribution in [2.75, 3.05) is 96.3 Å². The van der Waals surface area contributed by atoms with E-state index in [1.807, 2.05) is 6.92 Å². The molecule has 620 valence electrons. The van der Waals surface area contributed by atoms with Gasteiger partial charge in [-0.25, -0.2) is 0 Å². The molecule has 26 nitrogen and oxygen atoms in total. The Labute approximate surface area is 644 Å². The molecule has 0 radical (unpaired) electrons. The molecule has 13 atom stereocenters. The Morgan fingerprint density at radius 3 is 1.83 bits per heavy atom. The lowest BCUT2D eigenvalue weighted by atomic mass is 9.74.